The Morgan fingerprint density at radius 1 is 1.55 bits per heavy atom. The van der Waals surface area contributed by atoms with E-state index in [0.29, 0.717) is 6.54 Å². The molecule has 2 unspecified atom stereocenters. The van der Waals surface area contributed by atoms with Crippen LogP contribution in [-0.2, 0) is 14.9 Å². The molecule has 1 aliphatic rings. The maximum atomic E-state index is 11.5. The van der Waals surface area contributed by atoms with E-state index in [2.05, 4.69) is 26.1 Å². The van der Waals surface area contributed by atoms with E-state index in [4.69, 9.17) is 4.74 Å². The van der Waals surface area contributed by atoms with Gasteiger partial charge in [-0.2, -0.15) is 0 Å². The van der Waals surface area contributed by atoms with Gasteiger partial charge in [0.25, 0.3) is 0 Å². The SMILES string of the molecule is CC(C)(C)c1ccc(C(NCC2CCCO2)C(=O)O)s1. The summed E-state index contributed by atoms with van der Waals surface area (Å²) in [5, 5.41) is 12.5. The Morgan fingerprint density at radius 3 is 2.80 bits per heavy atom. The summed E-state index contributed by atoms with van der Waals surface area (Å²) in [6.45, 7) is 7.80. The lowest BCUT2D eigenvalue weighted by Gasteiger charge is -2.17. The van der Waals surface area contributed by atoms with E-state index in [1.807, 2.05) is 12.1 Å². The van der Waals surface area contributed by atoms with Gasteiger partial charge in [0.2, 0.25) is 0 Å². The summed E-state index contributed by atoms with van der Waals surface area (Å²) in [7, 11) is 0. The van der Waals surface area contributed by atoms with Gasteiger partial charge in [-0.25, -0.2) is 0 Å². The van der Waals surface area contributed by atoms with Crippen molar-refractivity contribution >= 4 is 17.3 Å². The molecule has 2 rings (SSSR count). The number of rotatable bonds is 5. The lowest BCUT2D eigenvalue weighted by atomic mass is 9.95. The highest BCUT2D eigenvalue weighted by Gasteiger charge is 2.26. The minimum absolute atomic E-state index is 0.0561. The van der Waals surface area contributed by atoms with E-state index in [1.165, 1.54) is 4.88 Å². The van der Waals surface area contributed by atoms with E-state index in [9.17, 15) is 9.90 Å². The van der Waals surface area contributed by atoms with Crippen LogP contribution in [0.4, 0.5) is 0 Å². The van der Waals surface area contributed by atoms with Crippen molar-refractivity contribution in [1.82, 2.24) is 5.32 Å². The first-order valence-corrected chi connectivity index (χ1v) is 7.87. The first-order chi connectivity index (χ1) is 9.38. The highest BCUT2D eigenvalue weighted by molar-refractivity contribution is 7.12. The number of carboxylic acids is 1. The molecule has 0 aromatic carbocycles. The second-order valence-corrected chi connectivity index (χ2v) is 7.38. The average Bonchev–Trinajstić information content (AvgIpc) is 2.97. The summed E-state index contributed by atoms with van der Waals surface area (Å²) in [6, 6.07) is 3.32. The lowest BCUT2D eigenvalue weighted by molar-refractivity contribution is -0.139. The summed E-state index contributed by atoms with van der Waals surface area (Å²) in [5.74, 6) is -0.828. The maximum absolute atomic E-state index is 11.5. The number of aliphatic carboxylic acids is 1. The van der Waals surface area contributed by atoms with E-state index in [1.54, 1.807) is 11.3 Å². The molecule has 0 spiro atoms. The number of ether oxygens (including phenoxy) is 1. The molecular weight excluding hydrogens is 274 g/mol. The molecule has 0 saturated carbocycles. The molecular formula is C15H23NO3S. The van der Waals surface area contributed by atoms with Gasteiger partial charge >= 0.3 is 5.97 Å². The van der Waals surface area contributed by atoms with E-state index < -0.39 is 12.0 Å². The summed E-state index contributed by atoms with van der Waals surface area (Å²) in [4.78, 5) is 13.5. The number of thiophene rings is 1. The zero-order valence-electron chi connectivity index (χ0n) is 12.3. The maximum Gasteiger partial charge on any atom is 0.326 e. The molecule has 2 heterocycles. The van der Waals surface area contributed by atoms with Crippen LogP contribution in [0.3, 0.4) is 0 Å². The van der Waals surface area contributed by atoms with Crippen molar-refractivity contribution in [3.63, 3.8) is 0 Å². The van der Waals surface area contributed by atoms with Crippen molar-refractivity contribution in [2.45, 2.75) is 51.2 Å². The molecule has 1 aromatic rings. The molecule has 2 N–H and O–H groups in total. The van der Waals surface area contributed by atoms with Gasteiger partial charge in [-0.05, 0) is 30.4 Å². The van der Waals surface area contributed by atoms with Crippen LogP contribution in [0.1, 0.15) is 49.4 Å². The number of hydrogen-bond donors (Lipinski definition) is 2. The van der Waals surface area contributed by atoms with Gasteiger partial charge in [0.15, 0.2) is 0 Å². The minimum Gasteiger partial charge on any atom is -0.480 e. The van der Waals surface area contributed by atoms with Crippen LogP contribution in [0.5, 0.6) is 0 Å². The van der Waals surface area contributed by atoms with Gasteiger partial charge in [-0.1, -0.05) is 20.8 Å². The lowest BCUT2D eigenvalue weighted by Crippen LogP contribution is -2.34. The van der Waals surface area contributed by atoms with Gasteiger partial charge in [0, 0.05) is 22.9 Å². The third kappa shape index (κ3) is 3.81. The molecule has 0 amide bonds. The Hall–Kier alpha value is -0.910. The first kappa shape index (κ1) is 15.5. The number of carboxylic acid groups (broad SMARTS) is 1. The number of carbonyl (C=O) groups is 1. The Labute approximate surface area is 124 Å². The van der Waals surface area contributed by atoms with E-state index in [0.717, 1.165) is 24.3 Å². The second kappa shape index (κ2) is 6.24. The van der Waals surface area contributed by atoms with Gasteiger partial charge in [0.05, 0.1) is 6.10 Å². The molecule has 4 nitrogen and oxygen atoms in total. The zero-order valence-corrected chi connectivity index (χ0v) is 13.1. The largest absolute Gasteiger partial charge is 0.480 e. The van der Waals surface area contributed by atoms with Gasteiger partial charge in [-0.15, -0.1) is 11.3 Å². The van der Waals surface area contributed by atoms with Crippen LogP contribution in [0.2, 0.25) is 0 Å². The van der Waals surface area contributed by atoms with Crippen LogP contribution in [0, 0.1) is 0 Å². The Bertz CT molecular complexity index is 458. The first-order valence-electron chi connectivity index (χ1n) is 7.06. The molecule has 0 aliphatic carbocycles. The topological polar surface area (TPSA) is 58.6 Å². The van der Waals surface area contributed by atoms with Gasteiger partial charge in [0.1, 0.15) is 6.04 Å². The van der Waals surface area contributed by atoms with Crippen LogP contribution in [-0.4, -0.2) is 30.3 Å². The second-order valence-electron chi connectivity index (χ2n) is 6.27. The van der Waals surface area contributed by atoms with Crippen LogP contribution in [0.15, 0.2) is 12.1 Å². The highest BCUT2D eigenvalue weighted by atomic mass is 32.1. The molecule has 5 heteroatoms. The molecule has 1 aromatic heterocycles. The van der Waals surface area contributed by atoms with Crippen molar-refractivity contribution in [1.29, 1.82) is 0 Å². The fourth-order valence-electron chi connectivity index (χ4n) is 2.28. The Kier molecular flexibility index (Phi) is 4.83. The van der Waals surface area contributed by atoms with Crippen molar-refractivity contribution in [3.8, 4) is 0 Å². The van der Waals surface area contributed by atoms with Crippen LogP contribution < -0.4 is 5.32 Å². The van der Waals surface area contributed by atoms with Crippen molar-refractivity contribution in [2.24, 2.45) is 0 Å². The predicted molar refractivity (Wildman–Crippen MR) is 80.4 cm³/mol. The van der Waals surface area contributed by atoms with Crippen molar-refractivity contribution in [3.05, 3.63) is 21.9 Å². The predicted octanol–water partition coefficient (Wildman–Crippen LogP) is 2.94. The molecule has 1 saturated heterocycles. The van der Waals surface area contributed by atoms with Gasteiger partial charge < -0.3 is 9.84 Å². The van der Waals surface area contributed by atoms with Crippen molar-refractivity contribution in [2.75, 3.05) is 13.2 Å². The highest BCUT2D eigenvalue weighted by Crippen LogP contribution is 2.32. The van der Waals surface area contributed by atoms with Gasteiger partial charge in [-0.3, -0.25) is 10.1 Å². The summed E-state index contributed by atoms with van der Waals surface area (Å²) in [5.41, 5.74) is 0.0561. The monoisotopic (exact) mass is 297 g/mol. The van der Waals surface area contributed by atoms with E-state index in [-0.39, 0.29) is 11.5 Å². The molecule has 0 radical (unpaired) electrons. The zero-order chi connectivity index (χ0) is 14.8. The normalized spacial score (nSPS) is 21.1. The molecule has 1 aliphatic heterocycles. The van der Waals surface area contributed by atoms with Crippen LogP contribution in [0.25, 0.3) is 0 Å². The minimum atomic E-state index is -0.828. The number of nitrogens with one attached hydrogen (secondary N) is 1. The summed E-state index contributed by atoms with van der Waals surface area (Å²) >= 11 is 1.57. The van der Waals surface area contributed by atoms with E-state index >= 15 is 0 Å². The Balaban J connectivity index is 2.04. The fraction of sp³-hybridized carbons (Fsp3) is 0.667. The summed E-state index contributed by atoms with van der Waals surface area (Å²) < 4.78 is 5.53. The van der Waals surface area contributed by atoms with Crippen LogP contribution >= 0.6 is 11.3 Å². The van der Waals surface area contributed by atoms with Crippen molar-refractivity contribution < 1.29 is 14.6 Å². The molecule has 112 valence electrons. The smallest absolute Gasteiger partial charge is 0.326 e. The Morgan fingerprint density at radius 2 is 2.30 bits per heavy atom. The third-order valence-electron chi connectivity index (χ3n) is 3.47. The standard InChI is InChI=1S/C15H23NO3S/c1-15(2,3)12-7-6-11(20-12)13(14(17)18)16-9-10-5-4-8-19-10/h6-7,10,13,16H,4-5,8-9H2,1-3H3,(H,17,18). The quantitative estimate of drug-likeness (QED) is 0.877. The average molecular weight is 297 g/mol. The molecule has 1 fully saturated rings. The number of hydrogen-bond acceptors (Lipinski definition) is 4. The molecule has 2 atom stereocenters. The molecule has 20 heavy (non-hydrogen) atoms. The fourth-order valence-corrected chi connectivity index (χ4v) is 3.41. The third-order valence-corrected chi connectivity index (χ3v) is 5.05. The molecule has 0 bridgehead atoms. The summed E-state index contributed by atoms with van der Waals surface area (Å²) in [6.07, 6.45) is 2.23.